The number of aromatic nitrogens is 1. The van der Waals surface area contributed by atoms with Gasteiger partial charge >= 0.3 is 11.7 Å². The van der Waals surface area contributed by atoms with E-state index < -0.39 is 34.9 Å². The van der Waals surface area contributed by atoms with Gasteiger partial charge in [0.25, 0.3) is 5.91 Å². The molecule has 0 unspecified atom stereocenters. The Balaban J connectivity index is 1.63. The van der Waals surface area contributed by atoms with Crippen molar-refractivity contribution in [2.24, 2.45) is 0 Å². The second-order valence-electron chi connectivity index (χ2n) is 5.82. The van der Waals surface area contributed by atoms with Gasteiger partial charge < -0.3 is 14.8 Å². The van der Waals surface area contributed by atoms with Crippen LogP contribution in [0.25, 0.3) is 0 Å². The first kappa shape index (κ1) is 20.4. The number of hydrogen-bond donors (Lipinski definition) is 1. The van der Waals surface area contributed by atoms with E-state index in [1.807, 2.05) is 0 Å². The van der Waals surface area contributed by atoms with E-state index in [2.05, 4.69) is 10.3 Å². The number of nitrogens with zero attached hydrogens (tertiary/aromatic N) is 2. The van der Waals surface area contributed by atoms with Crippen LogP contribution in [0.3, 0.4) is 0 Å². The fourth-order valence-corrected chi connectivity index (χ4v) is 2.36. The van der Waals surface area contributed by atoms with Gasteiger partial charge in [-0.25, -0.2) is 9.78 Å². The molecule has 0 aliphatic heterocycles. The third-order valence-electron chi connectivity index (χ3n) is 3.71. The molecule has 1 N–H and O–H groups in total. The minimum absolute atomic E-state index is 0.00303. The number of nitro benzene ring substituents is 1. The second kappa shape index (κ2) is 9.24. The largest absolute Gasteiger partial charge is 0.452 e. The summed E-state index contributed by atoms with van der Waals surface area (Å²) in [6, 6.07) is 14.5. The monoisotopic (exact) mass is 411 g/mol. The number of rotatable bonds is 7. The molecule has 0 aliphatic rings. The van der Waals surface area contributed by atoms with Crippen molar-refractivity contribution in [1.29, 1.82) is 0 Å². The zero-order valence-electron chi connectivity index (χ0n) is 15.3. The maximum Gasteiger partial charge on any atom is 0.344 e. The van der Waals surface area contributed by atoms with Gasteiger partial charge in [0.15, 0.2) is 6.61 Å². The first-order valence-corrected chi connectivity index (χ1v) is 8.53. The fraction of sp³-hybridized carbons (Fsp3) is 0.0500. The number of ether oxygens (including phenoxy) is 2. The highest BCUT2D eigenvalue weighted by Crippen LogP contribution is 2.24. The van der Waals surface area contributed by atoms with E-state index in [0.717, 1.165) is 18.2 Å². The molecule has 3 aromatic rings. The van der Waals surface area contributed by atoms with E-state index in [-0.39, 0.29) is 17.1 Å². The molecule has 1 amide bonds. The van der Waals surface area contributed by atoms with Crippen molar-refractivity contribution in [3.63, 3.8) is 0 Å². The number of amides is 1. The first-order chi connectivity index (χ1) is 14.4. The highest BCUT2D eigenvalue weighted by atomic mass is 19.1. The molecule has 9 nitrogen and oxygen atoms in total. The summed E-state index contributed by atoms with van der Waals surface area (Å²) < 4.78 is 23.9. The Labute approximate surface area is 169 Å². The summed E-state index contributed by atoms with van der Waals surface area (Å²) in [5.74, 6) is -2.19. The normalized spacial score (nSPS) is 10.2. The lowest BCUT2D eigenvalue weighted by Gasteiger charge is -2.10. The number of para-hydroxylation sites is 1. The molecule has 0 saturated heterocycles. The average Bonchev–Trinajstić information content (AvgIpc) is 2.74. The van der Waals surface area contributed by atoms with Gasteiger partial charge in [0.2, 0.25) is 11.7 Å². The molecule has 0 aliphatic carbocycles. The highest BCUT2D eigenvalue weighted by Gasteiger charge is 2.18. The molecular weight excluding hydrogens is 397 g/mol. The SMILES string of the molecule is O=C(COC(=O)c1cccnc1Oc1ccccc1)Nc1ccc(F)c([N+](=O)[O-])c1. The number of carbonyl (C=O) groups excluding carboxylic acids is 2. The molecule has 10 heteroatoms. The number of carbonyl (C=O) groups is 2. The summed E-state index contributed by atoms with van der Waals surface area (Å²) in [4.78, 5) is 38.2. The van der Waals surface area contributed by atoms with Crippen molar-refractivity contribution in [3.8, 4) is 11.6 Å². The number of esters is 1. The first-order valence-electron chi connectivity index (χ1n) is 8.53. The molecule has 0 bridgehead atoms. The van der Waals surface area contributed by atoms with Crippen molar-refractivity contribution in [3.05, 3.63) is 88.4 Å². The molecule has 1 aromatic heterocycles. The van der Waals surface area contributed by atoms with E-state index in [9.17, 15) is 24.1 Å². The van der Waals surface area contributed by atoms with Gasteiger partial charge in [-0.2, -0.15) is 4.39 Å². The highest BCUT2D eigenvalue weighted by molar-refractivity contribution is 5.96. The Hall–Kier alpha value is -4.34. The Morgan fingerprint density at radius 3 is 2.60 bits per heavy atom. The van der Waals surface area contributed by atoms with Crippen LogP contribution in [0.5, 0.6) is 11.6 Å². The van der Waals surface area contributed by atoms with E-state index in [1.54, 1.807) is 30.3 Å². The molecule has 30 heavy (non-hydrogen) atoms. The van der Waals surface area contributed by atoms with E-state index in [1.165, 1.54) is 18.3 Å². The Bertz CT molecular complexity index is 1090. The molecule has 1 heterocycles. The molecule has 0 radical (unpaired) electrons. The smallest absolute Gasteiger partial charge is 0.344 e. The molecule has 0 spiro atoms. The number of pyridine rings is 1. The fourth-order valence-electron chi connectivity index (χ4n) is 2.36. The van der Waals surface area contributed by atoms with Crippen LogP contribution >= 0.6 is 0 Å². The third kappa shape index (κ3) is 5.13. The summed E-state index contributed by atoms with van der Waals surface area (Å²) in [5, 5.41) is 13.1. The van der Waals surface area contributed by atoms with Crippen LogP contribution in [0.1, 0.15) is 10.4 Å². The average molecular weight is 411 g/mol. The molecule has 3 rings (SSSR count). The van der Waals surface area contributed by atoms with Crippen LogP contribution in [0.2, 0.25) is 0 Å². The zero-order chi connectivity index (χ0) is 21.5. The van der Waals surface area contributed by atoms with E-state index >= 15 is 0 Å². The Morgan fingerprint density at radius 1 is 1.10 bits per heavy atom. The van der Waals surface area contributed by atoms with Gasteiger partial charge in [0.05, 0.1) is 4.92 Å². The van der Waals surface area contributed by atoms with Crippen molar-refractivity contribution in [2.45, 2.75) is 0 Å². The van der Waals surface area contributed by atoms with Crippen molar-refractivity contribution in [1.82, 2.24) is 4.98 Å². The number of hydrogen-bond acceptors (Lipinski definition) is 7. The van der Waals surface area contributed by atoms with Gasteiger partial charge in [-0.15, -0.1) is 0 Å². The Morgan fingerprint density at radius 2 is 1.87 bits per heavy atom. The van der Waals surface area contributed by atoms with Crippen molar-refractivity contribution >= 4 is 23.3 Å². The molecule has 0 saturated carbocycles. The van der Waals surface area contributed by atoms with Gasteiger partial charge in [0.1, 0.15) is 11.3 Å². The third-order valence-corrected chi connectivity index (χ3v) is 3.71. The van der Waals surface area contributed by atoms with Crippen LogP contribution in [-0.4, -0.2) is 28.4 Å². The number of anilines is 1. The van der Waals surface area contributed by atoms with Crippen LogP contribution in [-0.2, 0) is 9.53 Å². The molecule has 152 valence electrons. The van der Waals surface area contributed by atoms with Crippen molar-refractivity contribution < 1.29 is 28.4 Å². The van der Waals surface area contributed by atoms with Crippen LogP contribution in [0.4, 0.5) is 15.8 Å². The molecule has 0 atom stereocenters. The Kier molecular flexibility index (Phi) is 6.28. The summed E-state index contributed by atoms with van der Waals surface area (Å²) in [7, 11) is 0. The number of nitro groups is 1. The predicted octanol–water partition coefficient (Wildman–Crippen LogP) is 3.72. The zero-order valence-corrected chi connectivity index (χ0v) is 15.3. The maximum absolute atomic E-state index is 13.4. The van der Waals surface area contributed by atoms with Gasteiger partial charge in [-0.1, -0.05) is 18.2 Å². The van der Waals surface area contributed by atoms with Gasteiger partial charge in [-0.3, -0.25) is 14.9 Å². The lowest BCUT2D eigenvalue weighted by Crippen LogP contribution is -2.21. The quantitative estimate of drug-likeness (QED) is 0.357. The van der Waals surface area contributed by atoms with Gasteiger partial charge in [0, 0.05) is 18.0 Å². The van der Waals surface area contributed by atoms with E-state index in [4.69, 9.17) is 9.47 Å². The molecular formula is C20H14FN3O6. The van der Waals surface area contributed by atoms with Crippen LogP contribution < -0.4 is 10.1 Å². The summed E-state index contributed by atoms with van der Waals surface area (Å²) in [6.07, 6.45) is 1.43. The summed E-state index contributed by atoms with van der Waals surface area (Å²) in [5.41, 5.74) is -0.798. The molecule has 0 fully saturated rings. The summed E-state index contributed by atoms with van der Waals surface area (Å²) in [6.45, 7) is -0.677. The maximum atomic E-state index is 13.4. The number of benzene rings is 2. The lowest BCUT2D eigenvalue weighted by atomic mass is 10.2. The van der Waals surface area contributed by atoms with Crippen LogP contribution in [0.15, 0.2) is 66.9 Å². The number of halogens is 1. The van der Waals surface area contributed by atoms with Crippen LogP contribution in [0, 0.1) is 15.9 Å². The minimum Gasteiger partial charge on any atom is -0.452 e. The minimum atomic E-state index is -1.04. The second-order valence-corrected chi connectivity index (χ2v) is 5.82. The van der Waals surface area contributed by atoms with E-state index in [0.29, 0.717) is 5.75 Å². The van der Waals surface area contributed by atoms with Crippen molar-refractivity contribution in [2.75, 3.05) is 11.9 Å². The lowest BCUT2D eigenvalue weighted by molar-refractivity contribution is -0.387. The number of nitrogens with one attached hydrogen (secondary N) is 1. The standard InChI is InChI=1S/C20H14FN3O6/c21-16-9-8-13(11-17(16)24(27)28)23-18(25)12-29-20(26)15-7-4-10-22-19(15)30-14-5-2-1-3-6-14/h1-11H,12H2,(H,23,25). The van der Waals surface area contributed by atoms with Gasteiger partial charge in [-0.05, 0) is 36.4 Å². The topological polar surface area (TPSA) is 121 Å². The summed E-state index contributed by atoms with van der Waals surface area (Å²) >= 11 is 0. The molecule has 2 aromatic carbocycles. The predicted molar refractivity (Wildman–Crippen MR) is 103 cm³/mol.